The molecule has 0 amide bonds. The molecular formula is C15H22O2. The van der Waals surface area contributed by atoms with Crippen molar-refractivity contribution >= 4 is 5.97 Å². The number of rotatable bonds is 1. The Balaban J connectivity index is 1.89. The molecule has 2 aliphatic carbocycles. The normalized spacial score (nSPS) is 38.6. The van der Waals surface area contributed by atoms with Gasteiger partial charge in [-0.3, -0.25) is 4.79 Å². The molecule has 3 aliphatic rings. The smallest absolute Gasteiger partial charge is 0.307 e. The van der Waals surface area contributed by atoms with Crippen LogP contribution in [0.2, 0.25) is 0 Å². The fraction of sp³-hybridized carbons (Fsp3) is 0.800. The summed E-state index contributed by atoms with van der Waals surface area (Å²) >= 11 is 0. The Morgan fingerprint density at radius 1 is 1.18 bits per heavy atom. The minimum atomic E-state index is 0.0344. The molecule has 1 heterocycles. The number of carbonyl (C=O) groups excluding carboxylic acids is 1. The Kier molecular flexibility index (Phi) is 2.97. The van der Waals surface area contributed by atoms with E-state index in [0.29, 0.717) is 6.42 Å². The van der Waals surface area contributed by atoms with Crippen molar-refractivity contribution in [3.05, 3.63) is 12.2 Å². The molecule has 0 radical (unpaired) electrons. The van der Waals surface area contributed by atoms with Crippen molar-refractivity contribution in [2.75, 3.05) is 0 Å². The summed E-state index contributed by atoms with van der Waals surface area (Å²) in [6, 6.07) is 0. The topological polar surface area (TPSA) is 26.3 Å². The lowest BCUT2D eigenvalue weighted by atomic mass is 9.63. The fourth-order valence-corrected chi connectivity index (χ4v) is 4.16. The third-order valence-electron chi connectivity index (χ3n) is 5.04. The lowest BCUT2D eigenvalue weighted by molar-refractivity contribution is -0.140. The van der Waals surface area contributed by atoms with Crippen LogP contribution in [-0.4, -0.2) is 12.1 Å². The average Bonchev–Trinajstić information content (AvgIpc) is 2.55. The second-order valence-corrected chi connectivity index (χ2v) is 5.98. The number of hydrogen-bond donors (Lipinski definition) is 0. The molecule has 2 nitrogen and oxygen atoms in total. The van der Waals surface area contributed by atoms with E-state index >= 15 is 0 Å². The van der Waals surface area contributed by atoms with Gasteiger partial charge in [0.05, 0.1) is 6.42 Å². The Morgan fingerprint density at radius 2 is 2.00 bits per heavy atom. The zero-order valence-electron chi connectivity index (χ0n) is 10.5. The van der Waals surface area contributed by atoms with Gasteiger partial charge in [-0.2, -0.15) is 0 Å². The molecule has 0 unspecified atom stereocenters. The van der Waals surface area contributed by atoms with E-state index in [1.807, 2.05) is 0 Å². The molecule has 0 aromatic carbocycles. The molecule has 3 rings (SSSR count). The van der Waals surface area contributed by atoms with Crippen LogP contribution in [0.4, 0.5) is 0 Å². The summed E-state index contributed by atoms with van der Waals surface area (Å²) in [4.78, 5) is 11.7. The van der Waals surface area contributed by atoms with E-state index in [2.05, 4.69) is 12.2 Å². The second-order valence-electron chi connectivity index (χ2n) is 5.98. The molecule has 94 valence electrons. The van der Waals surface area contributed by atoms with Crippen molar-refractivity contribution < 1.29 is 9.53 Å². The molecule has 0 aromatic heterocycles. The van der Waals surface area contributed by atoms with Gasteiger partial charge in [0, 0.05) is 5.41 Å². The van der Waals surface area contributed by atoms with Crippen LogP contribution in [0, 0.1) is 11.3 Å². The maximum absolute atomic E-state index is 11.7. The Labute approximate surface area is 103 Å². The standard InChI is InChI=1S/C15H22O2/c16-14-11-15(12-7-3-1-4-8-12)10-6-2-5-9-13(15)17-14/h5,9,12-13H,1-4,6-8,10-11H2/t13-,15-/m0/s1. The number of esters is 1. The first-order valence-electron chi connectivity index (χ1n) is 7.17. The maximum atomic E-state index is 11.7. The van der Waals surface area contributed by atoms with Gasteiger partial charge < -0.3 is 4.74 Å². The third-order valence-corrected chi connectivity index (χ3v) is 5.04. The molecule has 17 heavy (non-hydrogen) atoms. The Bertz CT molecular complexity index is 328. The molecule has 1 saturated carbocycles. The molecule has 2 atom stereocenters. The highest BCUT2D eigenvalue weighted by atomic mass is 16.6. The number of hydrogen-bond acceptors (Lipinski definition) is 2. The van der Waals surface area contributed by atoms with Crippen molar-refractivity contribution in [3.63, 3.8) is 0 Å². The van der Waals surface area contributed by atoms with Gasteiger partial charge in [0.2, 0.25) is 0 Å². The molecule has 1 saturated heterocycles. The predicted molar refractivity (Wildman–Crippen MR) is 66.5 cm³/mol. The van der Waals surface area contributed by atoms with Gasteiger partial charge >= 0.3 is 5.97 Å². The van der Waals surface area contributed by atoms with Crippen LogP contribution in [0.5, 0.6) is 0 Å². The zero-order valence-corrected chi connectivity index (χ0v) is 10.5. The first-order valence-corrected chi connectivity index (χ1v) is 7.17. The highest BCUT2D eigenvalue weighted by Gasteiger charge is 2.52. The first-order chi connectivity index (χ1) is 8.31. The molecule has 2 fully saturated rings. The van der Waals surface area contributed by atoms with Gasteiger partial charge in [0.15, 0.2) is 0 Å². The number of allylic oxidation sites excluding steroid dienone is 1. The van der Waals surface area contributed by atoms with Gasteiger partial charge in [-0.15, -0.1) is 0 Å². The van der Waals surface area contributed by atoms with Gasteiger partial charge in [0.1, 0.15) is 6.10 Å². The lowest BCUT2D eigenvalue weighted by Crippen LogP contribution is -2.38. The van der Waals surface area contributed by atoms with Crippen molar-refractivity contribution in [2.24, 2.45) is 11.3 Å². The summed E-state index contributed by atoms with van der Waals surface area (Å²) in [6.45, 7) is 0. The largest absolute Gasteiger partial charge is 0.457 e. The van der Waals surface area contributed by atoms with Crippen molar-refractivity contribution in [1.82, 2.24) is 0 Å². The van der Waals surface area contributed by atoms with Crippen LogP contribution < -0.4 is 0 Å². The predicted octanol–water partition coefficient (Wildman–Crippen LogP) is 3.61. The number of fused-ring (bicyclic) bond motifs is 1. The van der Waals surface area contributed by atoms with E-state index in [-0.39, 0.29) is 17.5 Å². The quantitative estimate of drug-likeness (QED) is 0.512. The number of ether oxygens (including phenoxy) is 1. The summed E-state index contributed by atoms with van der Waals surface area (Å²) in [6.07, 6.45) is 15.4. The van der Waals surface area contributed by atoms with Crippen molar-refractivity contribution in [1.29, 1.82) is 0 Å². The second kappa shape index (κ2) is 4.47. The van der Waals surface area contributed by atoms with Gasteiger partial charge in [-0.05, 0) is 44.1 Å². The molecule has 0 spiro atoms. The van der Waals surface area contributed by atoms with Crippen molar-refractivity contribution in [2.45, 2.75) is 63.9 Å². The molecule has 1 aliphatic heterocycles. The summed E-state index contributed by atoms with van der Waals surface area (Å²) in [5, 5.41) is 0. The van der Waals surface area contributed by atoms with Crippen LogP contribution in [0.25, 0.3) is 0 Å². The molecule has 0 aromatic rings. The van der Waals surface area contributed by atoms with Crippen LogP contribution >= 0.6 is 0 Å². The lowest BCUT2D eigenvalue weighted by Gasteiger charge is -2.40. The molecule has 2 heteroatoms. The average molecular weight is 234 g/mol. The molecule has 0 N–H and O–H groups in total. The van der Waals surface area contributed by atoms with E-state index in [9.17, 15) is 4.79 Å². The summed E-state index contributed by atoms with van der Waals surface area (Å²) in [7, 11) is 0. The zero-order chi connectivity index (χ0) is 11.7. The SMILES string of the molecule is O=C1C[C@]2(C3CCCCC3)CCCC=C[C@@H]2O1. The number of carbonyl (C=O) groups is 1. The summed E-state index contributed by atoms with van der Waals surface area (Å²) in [5.74, 6) is 0.752. The minimum Gasteiger partial charge on any atom is -0.457 e. The monoisotopic (exact) mass is 234 g/mol. The van der Waals surface area contributed by atoms with E-state index in [1.54, 1.807) is 0 Å². The fourth-order valence-electron chi connectivity index (χ4n) is 4.16. The molecule has 0 bridgehead atoms. The van der Waals surface area contributed by atoms with E-state index in [0.717, 1.165) is 12.3 Å². The van der Waals surface area contributed by atoms with E-state index < -0.39 is 0 Å². The Hall–Kier alpha value is -0.790. The summed E-state index contributed by atoms with van der Waals surface area (Å²) in [5.41, 5.74) is 0.157. The first kappa shape index (κ1) is 11.3. The highest BCUT2D eigenvalue weighted by molar-refractivity contribution is 5.73. The van der Waals surface area contributed by atoms with Crippen LogP contribution in [0.3, 0.4) is 0 Å². The van der Waals surface area contributed by atoms with Gasteiger partial charge in [0.25, 0.3) is 0 Å². The maximum Gasteiger partial charge on any atom is 0.307 e. The highest BCUT2D eigenvalue weighted by Crippen LogP contribution is 2.52. The molecular weight excluding hydrogens is 212 g/mol. The Morgan fingerprint density at radius 3 is 2.82 bits per heavy atom. The van der Waals surface area contributed by atoms with Gasteiger partial charge in [-0.25, -0.2) is 0 Å². The third kappa shape index (κ3) is 1.92. The van der Waals surface area contributed by atoms with Crippen molar-refractivity contribution in [3.8, 4) is 0 Å². The summed E-state index contributed by atoms with van der Waals surface area (Å²) < 4.78 is 5.58. The van der Waals surface area contributed by atoms with Crippen LogP contribution in [0.15, 0.2) is 12.2 Å². The van der Waals surface area contributed by atoms with E-state index in [4.69, 9.17) is 4.74 Å². The van der Waals surface area contributed by atoms with E-state index in [1.165, 1.54) is 44.9 Å². The minimum absolute atomic E-state index is 0.0344. The van der Waals surface area contributed by atoms with Gasteiger partial charge in [-0.1, -0.05) is 25.3 Å². The van der Waals surface area contributed by atoms with Crippen LogP contribution in [-0.2, 0) is 9.53 Å². The van der Waals surface area contributed by atoms with Crippen LogP contribution in [0.1, 0.15) is 57.8 Å².